The second kappa shape index (κ2) is 12.6. The van der Waals surface area contributed by atoms with Gasteiger partial charge in [-0.3, -0.25) is 14.4 Å². The van der Waals surface area contributed by atoms with Crippen molar-refractivity contribution < 1.29 is 34.1 Å². The summed E-state index contributed by atoms with van der Waals surface area (Å²) in [6.45, 7) is 6.42. The molecule has 1 aliphatic rings. The molecule has 5 N–H and O–H groups in total. The van der Waals surface area contributed by atoms with Crippen LogP contribution >= 0.6 is 0 Å². The van der Waals surface area contributed by atoms with Crippen LogP contribution in [0.1, 0.15) is 43.6 Å². The van der Waals surface area contributed by atoms with Crippen LogP contribution in [0, 0.1) is 11.8 Å². The number of carbonyl (C=O) groups excluding carboxylic acids is 4. The molecule has 0 aliphatic carbocycles. The van der Waals surface area contributed by atoms with Gasteiger partial charge in [-0.2, -0.15) is 0 Å². The second-order valence-corrected chi connectivity index (χ2v) is 9.92. The molecule has 2 aromatic carbocycles. The lowest BCUT2D eigenvalue weighted by Crippen LogP contribution is -2.61. The molecule has 0 bridgehead atoms. The van der Waals surface area contributed by atoms with Gasteiger partial charge in [0.15, 0.2) is 0 Å². The minimum atomic E-state index is -1.37. The van der Waals surface area contributed by atoms with Crippen molar-refractivity contribution in [3.8, 4) is 5.75 Å². The van der Waals surface area contributed by atoms with E-state index in [9.17, 15) is 29.4 Å². The van der Waals surface area contributed by atoms with E-state index < -0.39 is 59.9 Å². The SMILES string of the molecule is CC(C)C1NC(=O)[C@H](C)[C@H](O)[C@H](Cc2ccccc2)NC(=O)[C@@H](NC(=O)c2ccccc2O)[C@@H](C)OC1=O. The zero-order valence-electron chi connectivity index (χ0n) is 21.9. The second-order valence-electron chi connectivity index (χ2n) is 9.92. The predicted octanol–water partition coefficient (Wildman–Crippen LogP) is 1.30. The first kappa shape index (κ1) is 28.6. The normalized spacial score (nSPS) is 26.8. The number of benzene rings is 2. The summed E-state index contributed by atoms with van der Waals surface area (Å²) in [5, 5.41) is 29.3. The molecule has 2 aromatic rings. The monoisotopic (exact) mass is 525 g/mol. The van der Waals surface area contributed by atoms with Gasteiger partial charge in [0.05, 0.1) is 23.6 Å². The maximum absolute atomic E-state index is 13.6. The molecule has 10 nitrogen and oxygen atoms in total. The Hall–Kier alpha value is -3.92. The summed E-state index contributed by atoms with van der Waals surface area (Å²) >= 11 is 0. The first-order valence-electron chi connectivity index (χ1n) is 12.6. The van der Waals surface area contributed by atoms with Crippen LogP contribution in [0.4, 0.5) is 0 Å². The molecule has 6 atom stereocenters. The Balaban J connectivity index is 1.99. The Morgan fingerprint density at radius 3 is 2.24 bits per heavy atom. The van der Waals surface area contributed by atoms with Gasteiger partial charge in [-0.05, 0) is 37.0 Å². The number of phenols is 1. The Bertz CT molecular complexity index is 1150. The van der Waals surface area contributed by atoms with E-state index >= 15 is 0 Å². The molecule has 1 saturated heterocycles. The number of para-hydroxylation sites is 1. The molecule has 0 aromatic heterocycles. The topological polar surface area (TPSA) is 154 Å². The van der Waals surface area contributed by atoms with Gasteiger partial charge in [-0.15, -0.1) is 0 Å². The number of nitrogens with one attached hydrogen (secondary N) is 3. The van der Waals surface area contributed by atoms with E-state index in [0.29, 0.717) is 0 Å². The zero-order valence-corrected chi connectivity index (χ0v) is 21.9. The van der Waals surface area contributed by atoms with Crippen molar-refractivity contribution in [1.29, 1.82) is 0 Å². The fourth-order valence-electron chi connectivity index (χ4n) is 4.29. The van der Waals surface area contributed by atoms with E-state index in [2.05, 4.69) is 16.0 Å². The summed E-state index contributed by atoms with van der Waals surface area (Å²) < 4.78 is 5.56. The highest BCUT2D eigenvalue weighted by molar-refractivity contribution is 6.00. The molecule has 10 heteroatoms. The fraction of sp³-hybridized carbons (Fsp3) is 0.429. The molecule has 3 rings (SSSR count). The first-order valence-corrected chi connectivity index (χ1v) is 12.6. The summed E-state index contributed by atoms with van der Waals surface area (Å²) in [5.41, 5.74) is 0.748. The molecule has 204 valence electrons. The van der Waals surface area contributed by atoms with Crippen LogP contribution in [-0.2, 0) is 25.5 Å². The van der Waals surface area contributed by atoms with E-state index in [0.717, 1.165) is 5.56 Å². The van der Waals surface area contributed by atoms with Crippen LogP contribution in [0.5, 0.6) is 5.75 Å². The van der Waals surface area contributed by atoms with Crippen molar-refractivity contribution in [2.75, 3.05) is 0 Å². The minimum absolute atomic E-state index is 0.0632. The summed E-state index contributed by atoms with van der Waals surface area (Å²) in [4.78, 5) is 52.5. The molecular formula is C28H35N3O7. The average Bonchev–Trinajstić information content (AvgIpc) is 2.88. The number of rotatable bonds is 5. The summed E-state index contributed by atoms with van der Waals surface area (Å²) in [6, 6.07) is 11.7. The molecule has 3 amide bonds. The number of cyclic esters (lactones) is 1. The molecule has 0 spiro atoms. The fourth-order valence-corrected chi connectivity index (χ4v) is 4.29. The summed E-state index contributed by atoms with van der Waals surface area (Å²) in [6.07, 6.45) is -2.26. The molecular weight excluding hydrogens is 490 g/mol. The Kier molecular flexibility index (Phi) is 9.46. The number of phenolic OH excluding ortho intramolecular Hbond substituents is 1. The maximum Gasteiger partial charge on any atom is 0.329 e. The van der Waals surface area contributed by atoms with Crippen LogP contribution in [-0.4, -0.2) is 64.2 Å². The van der Waals surface area contributed by atoms with Gasteiger partial charge in [0.2, 0.25) is 11.8 Å². The van der Waals surface area contributed by atoms with Crippen molar-refractivity contribution in [2.24, 2.45) is 11.8 Å². The third-order valence-corrected chi connectivity index (χ3v) is 6.67. The predicted molar refractivity (Wildman–Crippen MR) is 139 cm³/mol. The standard InChI is InChI=1S/C28H35N3O7/c1-15(2)22-28(37)38-17(4)23(31-26(35)19-12-8-9-13-21(19)32)27(36)29-20(14-18-10-6-5-7-11-18)24(33)16(3)25(34)30-22/h5-13,15-17,20,22-24,32-33H,14H2,1-4H3,(H,29,36)(H,30,34)(H,31,35)/t16-,17-,20+,22?,23+,24+/m1/s1. The van der Waals surface area contributed by atoms with Gasteiger partial charge in [-0.25, -0.2) is 4.79 Å². The highest BCUT2D eigenvalue weighted by atomic mass is 16.5. The lowest BCUT2D eigenvalue weighted by molar-refractivity contribution is -0.157. The van der Waals surface area contributed by atoms with Gasteiger partial charge in [-0.1, -0.05) is 63.2 Å². The maximum atomic E-state index is 13.6. The quantitative estimate of drug-likeness (QED) is 0.369. The van der Waals surface area contributed by atoms with Crippen molar-refractivity contribution in [3.63, 3.8) is 0 Å². The van der Waals surface area contributed by atoms with Crippen LogP contribution in [0.15, 0.2) is 54.6 Å². The smallest absolute Gasteiger partial charge is 0.329 e. The van der Waals surface area contributed by atoms with Crippen molar-refractivity contribution in [3.05, 3.63) is 65.7 Å². The molecule has 0 radical (unpaired) electrons. The van der Waals surface area contributed by atoms with E-state index in [1.165, 1.54) is 26.0 Å². The zero-order chi connectivity index (χ0) is 28.0. The number of carbonyl (C=O) groups is 4. The highest BCUT2D eigenvalue weighted by Crippen LogP contribution is 2.19. The molecule has 1 aliphatic heterocycles. The molecule has 1 fully saturated rings. The lowest BCUT2D eigenvalue weighted by Gasteiger charge is -2.34. The van der Waals surface area contributed by atoms with Gasteiger partial charge in [0.25, 0.3) is 5.91 Å². The lowest BCUT2D eigenvalue weighted by atomic mass is 9.91. The van der Waals surface area contributed by atoms with Gasteiger partial charge < -0.3 is 30.9 Å². The summed E-state index contributed by atoms with van der Waals surface area (Å²) in [7, 11) is 0. The van der Waals surface area contributed by atoms with Crippen molar-refractivity contribution in [1.82, 2.24) is 16.0 Å². The van der Waals surface area contributed by atoms with E-state index in [4.69, 9.17) is 4.74 Å². The number of amides is 3. The average molecular weight is 526 g/mol. The third kappa shape index (κ3) is 6.89. The van der Waals surface area contributed by atoms with Gasteiger partial charge >= 0.3 is 5.97 Å². The van der Waals surface area contributed by atoms with Gasteiger partial charge in [0.1, 0.15) is 23.9 Å². The molecule has 0 saturated carbocycles. The molecule has 38 heavy (non-hydrogen) atoms. The van der Waals surface area contributed by atoms with E-state index in [1.807, 2.05) is 30.3 Å². The first-order chi connectivity index (χ1) is 18.0. The van der Waals surface area contributed by atoms with Crippen LogP contribution in [0.3, 0.4) is 0 Å². The van der Waals surface area contributed by atoms with E-state index in [-0.39, 0.29) is 23.7 Å². The Morgan fingerprint density at radius 2 is 1.61 bits per heavy atom. The third-order valence-electron chi connectivity index (χ3n) is 6.67. The summed E-state index contributed by atoms with van der Waals surface area (Å²) in [5.74, 6) is -4.42. The number of aliphatic hydroxyl groups is 1. The van der Waals surface area contributed by atoms with E-state index in [1.54, 1.807) is 26.0 Å². The largest absolute Gasteiger partial charge is 0.507 e. The number of aliphatic hydroxyl groups excluding tert-OH is 1. The molecule has 1 heterocycles. The number of ether oxygens (including phenoxy) is 1. The van der Waals surface area contributed by atoms with Crippen LogP contribution in [0.2, 0.25) is 0 Å². The number of hydrogen-bond donors (Lipinski definition) is 5. The van der Waals surface area contributed by atoms with Crippen molar-refractivity contribution >= 4 is 23.7 Å². The number of hydrogen-bond acceptors (Lipinski definition) is 7. The minimum Gasteiger partial charge on any atom is -0.507 e. The van der Waals surface area contributed by atoms with Crippen LogP contribution < -0.4 is 16.0 Å². The number of aromatic hydroxyl groups is 1. The van der Waals surface area contributed by atoms with Crippen molar-refractivity contribution in [2.45, 2.75) is 64.4 Å². The Labute approximate surface area is 221 Å². The molecule has 1 unspecified atom stereocenters. The van der Waals surface area contributed by atoms with Gasteiger partial charge in [0, 0.05) is 0 Å². The van der Waals surface area contributed by atoms with Crippen LogP contribution in [0.25, 0.3) is 0 Å². The number of esters is 1. The highest BCUT2D eigenvalue weighted by Gasteiger charge is 2.39. The Morgan fingerprint density at radius 1 is 0.974 bits per heavy atom.